The number of halogens is 1. The van der Waals surface area contributed by atoms with Crippen LogP contribution in [0.5, 0.6) is 0 Å². The van der Waals surface area contributed by atoms with E-state index in [2.05, 4.69) is 4.98 Å². The van der Waals surface area contributed by atoms with Gasteiger partial charge in [-0.3, -0.25) is 4.79 Å². The van der Waals surface area contributed by atoms with Crippen LogP contribution in [0.2, 0.25) is 5.15 Å². The fraction of sp³-hybridized carbons (Fsp3) is 0.136. The van der Waals surface area contributed by atoms with Crippen LogP contribution in [0.25, 0.3) is 0 Å². The fourth-order valence-corrected chi connectivity index (χ4v) is 2.87. The average Bonchev–Trinajstić information content (AvgIpc) is 2.73. The maximum Gasteiger partial charge on any atom is 0.341 e. The van der Waals surface area contributed by atoms with Gasteiger partial charge < -0.3 is 9.64 Å². The maximum atomic E-state index is 12.8. The van der Waals surface area contributed by atoms with Gasteiger partial charge in [-0.1, -0.05) is 72.3 Å². The number of amides is 1. The lowest BCUT2D eigenvalue weighted by molar-refractivity contribution is -0.135. The molecule has 3 rings (SSSR count). The minimum atomic E-state index is -0.675. The Morgan fingerprint density at radius 3 is 1.96 bits per heavy atom. The molecule has 0 fully saturated rings. The molecule has 0 aliphatic heterocycles. The molecule has 2 aromatic carbocycles. The molecule has 0 unspecified atom stereocenters. The fourth-order valence-electron chi connectivity index (χ4n) is 2.67. The first-order valence-corrected chi connectivity index (χ1v) is 9.14. The molecule has 0 aliphatic carbocycles. The van der Waals surface area contributed by atoms with Crippen molar-refractivity contribution in [1.29, 1.82) is 0 Å². The smallest absolute Gasteiger partial charge is 0.341 e. The number of carbonyl (C=O) groups is 2. The number of hydrogen-bond acceptors (Lipinski definition) is 4. The summed E-state index contributed by atoms with van der Waals surface area (Å²) in [4.78, 5) is 30.5. The number of rotatable bonds is 7. The molecule has 0 spiro atoms. The quantitative estimate of drug-likeness (QED) is 0.446. The molecule has 1 amide bonds. The molecule has 142 valence electrons. The van der Waals surface area contributed by atoms with Crippen LogP contribution in [0.15, 0.2) is 79.0 Å². The summed E-state index contributed by atoms with van der Waals surface area (Å²) in [5.74, 6) is -0.966. The normalized spacial score (nSPS) is 10.3. The second-order valence-electron chi connectivity index (χ2n) is 6.14. The summed E-state index contributed by atoms with van der Waals surface area (Å²) in [7, 11) is 0. The number of hydrogen-bond donors (Lipinski definition) is 0. The standard InChI is InChI=1S/C22H19ClN2O3/c23-21-19(12-7-13-24-21)22(27)28-16-20(26)25(14-17-8-3-1-4-9-17)15-18-10-5-2-6-11-18/h1-13H,14-16H2. The third-order valence-corrected chi connectivity index (χ3v) is 4.39. The predicted molar refractivity (Wildman–Crippen MR) is 107 cm³/mol. The van der Waals surface area contributed by atoms with Gasteiger partial charge in [0.05, 0.1) is 5.56 Å². The molecule has 1 aromatic heterocycles. The molecule has 0 saturated heterocycles. The lowest BCUT2D eigenvalue weighted by atomic mass is 10.1. The van der Waals surface area contributed by atoms with E-state index in [0.717, 1.165) is 11.1 Å². The first kappa shape index (κ1) is 19.6. The van der Waals surface area contributed by atoms with E-state index >= 15 is 0 Å². The van der Waals surface area contributed by atoms with Gasteiger partial charge in [0.2, 0.25) is 0 Å². The highest BCUT2D eigenvalue weighted by molar-refractivity contribution is 6.32. The Hall–Kier alpha value is -3.18. The Bertz CT molecular complexity index is 891. The highest BCUT2D eigenvalue weighted by Crippen LogP contribution is 2.14. The van der Waals surface area contributed by atoms with Crippen molar-refractivity contribution in [1.82, 2.24) is 9.88 Å². The predicted octanol–water partition coefficient (Wildman–Crippen LogP) is 4.12. The molecule has 0 aliphatic rings. The van der Waals surface area contributed by atoms with Crippen molar-refractivity contribution in [2.45, 2.75) is 13.1 Å². The number of ether oxygens (including phenoxy) is 1. The van der Waals surface area contributed by atoms with E-state index in [0.29, 0.717) is 13.1 Å². The molecule has 3 aromatic rings. The van der Waals surface area contributed by atoms with Gasteiger partial charge in [0.1, 0.15) is 5.15 Å². The van der Waals surface area contributed by atoms with E-state index in [-0.39, 0.29) is 23.2 Å². The number of carbonyl (C=O) groups excluding carboxylic acids is 2. The second-order valence-corrected chi connectivity index (χ2v) is 6.50. The third kappa shape index (κ3) is 5.41. The van der Waals surface area contributed by atoms with Crippen LogP contribution in [-0.4, -0.2) is 28.4 Å². The van der Waals surface area contributed by atoms with E-state index in [1.54, 1.807) is 11.0 Å². The van der Waals surface area contributed by atoms with Crippen molar-refractivity contribution >= 4 is 23.5 Å². The Morgan fingerprint density at radius 2 is 1.43 bits per heavy atom. The largest absolute Gasteiger partial charge is 0.452 e. The van der Waals surface area contributed by atoms with E-state index in [4.69, 9.17) is 16.3 Å². The van der Waals surface area contributed by atoms with Gasteiger partial charge in [0.25, 0.3) is 5.91 Å². The number of nitrogens with zero attached hydrogens (tertiary/aromatic N) is 2. The molecule has 0 bridgehead atoms. The van der Waals surface area contributed by atoms with E-state index in [1.165, 1.54) is 12.3 Å². The van der Waals surface area contributed by atoms with Crippen LogP contribution in [0.4, 0.5) is 0 Å². The maximum absolute atomic E-state index is 12.8. The number of aromatic nitrogens is 1. The minimum Gasteiger partial charge on any atom is -0.452 e. The zero-order valence-corrected chi connectivity index (χ0v) is 15.9. The molecule has 1 heterocycles. The second kappa shape index (κ2) is 9.67. The third-order valence-electron chi connectivity index (χ3n) is 4.09. The van der Waals surface area contributed by atoms with Crippen molar-refractivity contribution in [2.75, 3.05) is 6.61 Å². The Balaban J connectivity index is 1.69. The van der Waals surface area contributed by atoms with Crippen molar-refractivity contribution < 1.29 is 14.3 Å². The van der Waals surface area contributed by atoms with Crippen LogP contribution in [0.3, 0.4) is 0 Å². The zero-order valence-electron chi connectivity index (χ0n) is 15.1. The first-order chi connectivity index (χ1) is 13.6. The molecule has 6 heteroatoms. The molecule has 0 saturated carbocycles. The molecule has 0 atom stereocenters. The molecule has 28 heavy (non-hydrogen) atoms. The van der Waals surface area contributed by atoms with E-state index < -0.39 is 5.97 Å². The van der Waals surface area contributed by atoms with Gasteiger partial charge >= 0.3 is 5.97 Å². The molecule has 0 N–H and O–H groups in total. The monoisotopic (exact) mass is 394 g/mol. The molecular weight excluding hydrogens is 376 g/mol. The van der Waals surface area contributed by atoms with Gasteiger partial charge in [-0.2, -0.15) is 0 Å². The highest BCUT2D eigenvalue weighted by Gasteiger charge is 2.19. The van der Waals surface area contributed by atoms with Gasteiger partial charge in [0.15, 0.2) is 6.61 Å². The molecule has 5 nitrogen and oxygen atoms in total. The van der Waals surface area contributed by atoms with Crippen LogP contribution in [0.1, 0.15) is 21.5 Å². The first-order valence-electron chi connectivity index (χ1n) is 8.77. The SMILES string of the molecule is O=C(OCC(=O)N(Cc1ccccc1)Cc1ccccc1)c1cccnc1Cl. The van der Waals surface area contributed by atoms with Crippen molar-refractivity contribution in [3.8, 4) is 0 Å². The Labute approximate surface area is 168 Å². The summed E-state index contributed by atoms with van der Waals surface area (Å²) in [5.41, 5.74) is 2.12. The topological polar surface area (TPSA) is 59.5 Å². The minimum absolute atomic E-state index is 0.0466. The van der Waals surface area contributed by atoms with E-state index in [9.17, 15) is 9.59 Å². The lowest BCUT2D eigenvalue weighted by Gasteiger charge is -2.23. The van der Waals surface area contributed by atoms with Crippen molar-refractivity contribution in [2.24, 2.45) is 0 Å². The summed E-state index contributed by atoms with van der Waals surface area (Å²) >= 11 is 5.90. The number of esters is 1. The number of pyridine rings is 1. The van der Waals surface area contributed by atoms with Gasteiger partial charge in [-0.25, -0.2) is 9.78 Å². The summed E-state index contributed by atoms with van der Waals surface area (Å²) in [6.07, 6.45) is 1.48. The van der Waals surface area contributed by atoms with Gasteiger partial charge in [-0.15, -0.1) is 0 Å². The highest BCUT2D eigenvalue weighted by atomic mass is 35.5. The zero-order chi connectivity index (χ0) is 19.8. The van der Waals surface area contributed by atoms with E-state index in [1.807, 2.05) is 60.7 Å². The van der Waals surface area contributed by atoms with Crippen LogP contribution < -0.4 is 0 Å². The Kier molecular flexibility index (Phi) is 6.76. The summed E-state index contributed by atoms with van der Waals surface area (Å²) in [6.45, 7) is 0.462. The summed E-state index contributed by atoms with van der Waals surface area (Å²) in [5, 5.41) is 0.0466. The van der Waals surface area contributed by atoms with Crippen molar-refractivity contribution in [3.05, 3.63) is 101 Å². The summed E-state index contributed by atoms with van der Waals surface area (Å²) in [6, 6.07) is 22.4. The van der Waals surface area contributed by atoms with Gasteiger partial charge in [-0.05, 0) is 23.3 Å². The molecule has 0 radical (unpaired) electrons. The Morgan fingerprint density at radius 1 is 0.857 bits per heavy atom. The summed E-state index contributed by atoms with van der Waals surface area (Å²) < 4.78 is 5.17. The lowest BCUT2D eigenvalue weighted by Crippen LogP contribution is -2.34. The van der Waals surface area contributed by atoms with Crippen LogP contribution in [-0.2, 0) is 22.6 Å². The van der Waals surface area contributed by atoms with Crippen LogP contribution >= 0.6 is 11.6 Å². The van der Waals surface area contributed by atoms with Crippen molar-refractivity contribution in [3.63, 3.8) is 0 Å². The van der Waals surface area contributed by atoms with Crippen LogP contribution in [0, 0.1) is 0 Å². The number of benzene rings is 2. The average molecular weight is 395 g/mol. The molecular formula is C22H19ClN2O3. The van der Waals surface area contributed by atoms with Gasteiger partial charge in [0, 0.05) is 19.3 Å².